The van der Waals surface area contributed by atoms with Gasteiger partial charge >= 0.3 is 0 Å². The average molecular weight is 361 g/mol. The molecule has 134 valence electrons. The van der Waals surface area contributed by atoms with Crippen molar-refractivity contribution in [3.63, 3.8) is 0 Å². The molecular weight excluding hydrogens is 338 g/mol. The highest BCUT2D eigenvalue weighted by atomic mass is 32.2. The van der Waals surface area contributed by atoms with Crippen LogP contribution in [0.5, 0.6) is 0 Å². The van der Waals surface area contributed by atoms with E-state index in [1.807, 2.05) is 30.3 Å². The van der Waals surface area contributed by atoms with E-state index in [2.05, 4.69) is 29.6 Å². The van der Waals surface area contributed by atoms with Gasteiger partial charge in [0.1, 0.15) is 5.76 Å². The van der Waals surface area contributed by atoms with Crippen molar-refractivity contribution in [3.05, 3.63) is 47.7 Å². The second-order valence-electron chi connectivity index (χ2n) is 6.06. The van der Waals surface area contributed by atoms with Gasteiger partial charge in [-0.2, -0.15) is 0 Å². The first-order chi connectivity index (χ1) is 12.0. The molecule has 0 bridgehead atoms. The zero-order valence-corrected chi connectivity index (χ0v) is 15.4. The predicted octanol–water partition coefficient (Wildman–Crippen LogP) is 3.17. The van der Waals surface area contributed by atoms with E-state index in [4.69, 9.17) is 4.52 Å². The summed E-state index contributed by atoms with van der Waals surface area (Å²) < 4.78 is 4.88. The summed E-state index contributed by atoms with van der Waals surface area (Å²) in [4.78, 5) is 24.0. The molecule has 0 fully saturated rings. The maximum Gasteiger partial charge on any atom is 0.235 e. The van der Waals surface area contributed by atoms with Gasteiger partial charge in [-0.1, -0.05) is 49.3 Å². The second-order valence-corrected chi connectivity index (χ2v) is 7.05. The van der Waals surface area contributed by atoms with Crippen LogP contribution in [0.15, 0.2) is 40.9 Å². The molecule has 7 heteroatoms. The summed E-state index contributed by atoms with van der Waals surface area (Å²) in [6, 6.07) is 11.5. The molecule has 0 radical (unpaired) electrons. The Kier molecular flexibility index (Phi) is 7.06. The summed E-state index contributed by atoms with van der Waals surface area (Å²) in [7, 11) is 0. The Balaban J connectivity index is 1.76. The number of benzene rings is 1. The Bertz CT molecular complexity index is 701. The number of amides is 2. The summed E-state index contributed by atoms with van der Waals surface area (Å²) in [6.45, 7) is 5.89. The molecule has 1 aromatic carbocycles. The van der Waals surface area contributed by atoms with Crippen molar-refractivity contribution < 1.29 is 14.1 Å². The number of rotatable bonds is 8. The van der Waals surface area contributed by atoms with E-state index in [9.17, 15) is 9.59 Å². The molecule has 1 heterocycles. The summed E-state index contributed by atoms with van der Waals surface area (Å²) in [5.74, 6) is 1.39. The minimum atomic E-state index is -0.213. The number of aromatic nitrogens is 1. The normalized spacial score (nSPS) is 12.0. The smallest absolute Gasteiger partial charge is 0.235 e. The van der Waals surface area contributed by atoms with Gasteiger partial charge in [-0.05, 0) is 18.4 Å². The molecule has 0 saturated carbocycles. The van der Waals surface area contributed by atoms with E-state index in [0.717, 1.165) is 5.56 Å². The number of hydrogen-bond acceptors (Lipinski definition) is 5. The highest BCUT2D eigenvalue weighted by Gasteiger charge is 2.18. The summed E-state index contributed by atoms with van der Waals surface area (Å²) in [5.41, 5.74) is 1.08. The van der Waals surface area contributed by atoms with Gasteiger partial charge in [-0.25, -0.2) is 0 Å². The van der Waals surface area contributed by atoms with E-state index < -0.39 is 0 Å². The van der Waals surface area contributed by atoms with Crippen molar-refractivity contribution in [3.8, 4) is 0 Å². The Morgan fingerprint density at radius 3 is 2.44 bits per heavy atom. The zero-order valence-electron chi connectivity index (χ0n) is 14.6. The first-order valence-corrected chi connectivity index (χ1v) is 9.26. The molecule has 2 N–H and O–H groups in total. The number of carbonyl (C=O) groups excluding carboxylic acids is 2. The first kappa shape index (κ1) is 19.1. The zero-order chi connectivity index (χ0) is 18.2. The quantitative estimate of drug-likeness (QED) is 0.754. The van der Waals surface area contributed by atoms with Crippen LogP contribution in [0.25, 0.3) is 0 Å². The van der Waals surface area contributed by atoms with Crippen molar-refractivity contribution >= 4 is 29.4 Å². The van der Waals surface area contributed by atoms with E-state index in [-0.39, 0.29) is 35.3 Å². The fourth-order valence-electron chi connectivity index (χ4n) is 2.35. The molecule has 2 amide bonds. The lowest BCUT2D eigenvalue weighted by Gasteiger charge is -2.22. The third kappa shape index (κ3) is 6.26. The summed E-state index contributed by atoms with van der Waals surface area (Å²) in [6.07, 6.45) is 0. The first-order valence-electron chi connectivity index (χ1n) is 8.11. The molecule has 2 aromatic rings. The molecular formula is C18H23N3O3S. The standard InChI is InChI=1S/C18H23N3O3S/c1-12(2)18(14-7-5-4-6-8-14)20-17(23)11-25-10-16(22)19-15-9-13(3)24-21-15/h4-9,12,18H,10-11H2,1-3H3,(H,20,23)(H,19,21,22). The molecule has 0 aliphatic carbocycles. The topological polar surface area (TPSA) is 84.2 Å². The van der Waals surface area contributed by atoms with Gasteiger partial charge in [-0.3, -0.25) is 9.59 Å². The van der Waals surface area contributed by atoms with Crippen molar-refractivity contribution in [2.75, 3.05) is 16.8 Å². The molecule has 1 aromatic heterocycles. The van der Waals surface area contributed by atoms with Gasteiger partial charge in [0.2, 0.25) is 11.8 Å². The number of hydrogen-bond donors (Lipinski definition) is 2. The minimum absolute atomic E-state index is 0.0405. The van der Waals surface area contributed by atoms with Gasteiger partial charge in [0.15, 0.2) is 5.82 Å². The number of nitrogens with one attached hydrogen (secondary N) is 2. The highest BCUT2D eigenvalue weighted by Crippen LogP contribution is 2.21. The maximum atomic E-state index is 12.2. The van der Waals surface area contributed by atoms with Gasteiger partial charge in [0.25, 0.3) is 0 Å². The fourth-order valence-corrected chi connectivity index (χ4v) is 2.98. The van der Waals surface area contributed by atoms with Crippen molar-refractivity contribution in [1.82, 2.24) is 10.5 Å². The number of carbonyl (C=O) groups is 2. The van der Waals surface area contributed by atoms with E-state index in [1.54, 1.807) is 13.0 Å². The number of nitrogens with zero attached hydrogens (tertiary/aromatic N) is 1. The SMILES string of the molecule is Cc1cc(NC(=O)CSCC(=O)NC(c2ccccc2)C(C)C)no1. The molecule has 2 rings (SSSR count). The van der Waals surface area contributed by atoms with Crippen LogP contribution in [0.4, 0.5) is 5.82 Å². The Morgan fingerprint density at radius 2 is 1.84 bits per heavy atom. The Morgan fingerprint density at radius 1 is 1.16 bits per heavy atom. The Hall–Kier alpha value is -2.28. The van der Waals surface area contributed by atoms with Crippen LogP contribution in [0.3, 0.4) is 0 Å². The van der Waals surface area contributed by atoms with Crippen LogP contribution < -0.4 is 10.6 Å². The van der Waals surface area contributed by atoms with Crippen LogP contribution in [0.2, 0.25) is 0 Å². The lowest BCUT2D eigenvalue weighted by molar-refractivity contribution is -0.119. The lowest BCUT2D eigenvalue weighted by atomic mass is 9.96. The number of thioether (sulfide) groups is 1. The van der Waals surface area contributed by atoms with Crippen molar-refractivity contribution in [1.29, 1.82) is 0 Å². The molecule has 6 nitrogen and oxygen atoms in total. The molecule has 0 spiro atoms. The maximum absolute atomic E-state index is 12.2. The van der Waals surface area contributed by atoms with Crippen molar-refractivity contribution in [2.45, 2.75) is 26.8 Å². The largest absolute Gasteiger partial charge is 0.360 e. The third-order valence-corrected chi connectivity index (χ3v) is 4.44. The van der Waals surface area contributed by atoms with Gasteiger partial charge in [0, 0.05) is 6.07 Å². The minimum Gasteiger partial charge on any atom is -0.360 e. The Labute approximate surface area is 151 Å². The fraction of sp³-hybridized carbons (Fsp3) is 0.389. The molecule has 1 unspecified atom stereocenters. The molecule has 0 saturated heterocycles. The van der Waals surface area contributed by atoms with Crippen LogP contribution in [-0.2, 0) is 9.59 Å². The molecule has 25 heavy (non-hydrogen) atoms. The van der Waals surface area contributed by atoms with Crippen LogP contribution >= 0.6 is 11.8 Å². The lowest BCUT2D eigenvalue weighted by Crippen LogP contribution is -2.33. The van der Waals surface area contributed by atoms with E-state index in [0.29, 0.717) is 11.6 Å². The van der Waals surface area contributed by atoms with Gasteiger partial charge in [-0.15, -0.1) is 11.8 Å². The average Bonchev–Trinajstić information content (AvgIpc) is 2.98. The second kappa shape index (κ2) is 9.27. The highest BCUT2D eigenvalue weighted by molar-refractivity contribution is 8.00. The van der Waals surface area contributed by atoms with Crippen molar-refractivity contribution in [2.24, 2.45) is 5.92 Å². The van der Waals surface area contributed by atoms with Gasteiger partial charge < -0.3 is 15.2 Å². The monoisotopic (exact) mass is 361 g/mol. The summed E-state index contributed by atoms with van der Waals surface area (Å²) >= 11 is 1.26. The molecule has 1 atom stereocenters. The van der Waals surface area contributed by atoms with Crippen LogP contribution in [0.1, 0.15) is 31.2 Å². The van der Waals surface area contributed by atoms with Gasteiger partial charge in [0.05, 0.1) is 17.5 Å². The van der Waals surface area contributed by atoms with Crippen LogP contribution in [-0.4, -0.2) is 28.5 Å². The third-order valence-electron chi connectivity index (χ3n) is 3.50. The van der Waals surface area contributed by atoms with E-state index >= 15 is 0 Å². The molecule has 0 aliphatic heterocycles. The van der Waals surface area contributed by atoms with E-state index in [1.165, 1.54) is 11.8 Å². The molecule has 0 aliphatic rings. The number of anilines is 1. The predicted molar refractivity (Wildman–Crippen MR) is 99.4 cm³/mol. The summed E-state index contributed by atoms with van der Waals surface area (Å²) in [5, 5.41) is 9.36. The van der Waals surface area contributed by atoms with Crippen LogP contribution in [0, 0.1) is 12.8 Å². The number of aryl methyl sites for hydroxylation is 1.